The molecule has 2 aromatic rings. The summed E-state index contributed by atoms with van der Waals surface area (Å²) in [5, 5.41) is 0. The Morgan fingerprint density at radius 1 is 1.05 bits per heavy atom. The molecule has 0 saturated heterocycles. The first-order chi connectivity index (χ1) is 10.4. The smallest absolute Gasteiger partial charge is 0.258 e. The van der Waals surface area contributed by atoms with E-state index in [0.29, 0.717) is 12.1 Å². The van der Waals surface area contributed by atoms with Gasteiger partial charge in [0.1, 0.15) is 0 Å². The highest BCUT2D eigenvalue weighted by Crippen LogP contribution is 2.22. The van der Waals surface area contributed by atoms with Crippen molar-refractivity contribution >= 4 is 5.91 Å². The summed E-state index contributed by atoms with van der Waals surface area (Å²) in [4.78, 5) is 14.2. The van der Waals surface area contributed by atoms with Gasteiger partial charge < -0.3 is 4.90 Å². The van der Waals surface area contributed by atoms with Crippen LogP contribution in [-0.2, 0) is 12.0 Å². The maximum atomic E-state index is 12.6. The van der Waals surface area contributed by atoms with Gasteiger partial charge in [0.25, 0.3) is 5.91 Å². The van der Waals surface area contributed by atoms with E-state index in [1.54, 1.807) is 11.1 Å². The molecule has 0 heterocycles. The molecule has 0 bridgehead atoms. The molecule has 0 radical (unpaired) electrons. The van der Waals surface area contributed by atoms with Crippen molar-refractivity contribution in [3.63, 3.8) is 0 Å². The van der Waals surface area contributed by atoms with Crippen LogP contribution in [0.2, 0.25) is 0 Å². The zero-order valence-corrected chi connectivity index (χ0v) is 13.5. The lowest BCUT2D eigenvalue weighted by Gasteiger charge is -2.21. The molecule has 2 aromatic carbocycles. The Morgan fingerprint density at radius 3 is 2.14 bits per heavy atom. The number of carbonyl (C=O) groups excluding carboxylic acids is 1. The molecule has 2 rings (SSSR count). The summed E-state index contributed by atoms with van der Waals surface area (Å²) in [5.41, 5.74) is 3.08. The van der Waals surface area contributed by atoms with Crippen LogP contribution in [0.4, 0.5) is 0 Å². The lowest BCUT2D eigenvalue weighted by atomic mass is 9.86. The SMILES string of the molecule is C=CN(Cc1ccccc1)C(=O)c1ccc(C(C)(C)C)cc1. The molecule has 0 atom stereocenters. The average molecular weight is 293 g/mol. The van der Waals surface area contributed by atoms with Gasteiger partial charge in [-0.05, 0) is 28.7 Å². The first-order valence-electron chi connectivity index (χ1n) is 7.50. The number of rotatable bonds is 4. The third-order valence-corrected chi connectivity index (χ3v) is 3.67. The molecule has 0 aliphatic rings. The first kappa shape index (κ1) is 16.0. The zero-order valence-electron chi connectivity index (χ0n) is 13.5. The Hall–Kier alpha value is -2.35. The summed E-state index contributed by atoms with van der Waals surface area (Å²) in [6.45, 7) is 10.8. The van der Waals surface area contributed by atoms with E-state index in [9.17, 15) is 4.79 Å². The van der Waals surface area contributed by atoms with Crippen LogP contribution in [0, 0.1) is 0 Å². The Kier molecular flexibility index (Phi) is 4.81. The highest BCUT2D eigenvalue weighted by atomic mass is 16.2. The third kappa shape index (κ3) is 3.85. The largest absolute Gasteiger partial charge is 0.311 e. The van der Waals surface area contributed by atoms with Gasteiger partial charge in [-0.1, -0.05) is 69.8 Å². The van der Waals surface area contributed by atoms with Crippen molar-refractivity contribution in [2.24, 2.45) is 0 Å². The highest BCUT2D eigenvalue weighted by molar-refractivity contribution is 5.94. The van der Waals surface area contributed by atoms with E-state index < -0.39 is 0 Å². The van der Waals surface area contributed by atoms with Crippen LogP contribution in [0.25, 0.3) is 0 Å². The topological polar surface area (TPSA) is 20.3 Å². The van der Waals surface area contributed by atoms with Crippen molar-refractivity contribution in [3.8, 4) is 0 Å². The zero-order chi connectivity index (χ0) is 16.2. The molecule has 0 unspecified atom stereocenters. The first-order valence-corrected chi connectivity index (χ1v) is 7.50. The van der Waals surface area contributed by atoms with Gasteiger partial charge in [-0.3, -0.25) is 4.79 Å². The Bertz CT molecular complexity index is 636. The van der Waals surface area contributed by atoms with E-state index in [0.717, 1.165) is 5.56 Å². The fourth-order valence-electron chi connectivity index (χ4n) is 2.28. The molecule has 0 fully saturated rings. The Morgan fingerprint density at radius 2 is 1.64 bits per heavy atom. The predicted molar refractivity (Wildman–Crippen MR) is 91.7 cm³/mol. The summed E-state index contributed by atoms with van der Waals surface area (Å²) in [7, 11) is 0. The quantitative estimate of drug-likeness (QED) is 0.795. The average Bonchev–Trinajstić information content (AvgIpc) is 2.52. The Labute approximate surface area is 133 Å². The van der Waals surface area contributed by atoms with E-state index in [4.69, 9.17) is 0 Å². The van der Waals surface area contributed by atoms with Crippen LogP contribution in [0.1, 0.15) is 42.3 Å². The second kappa shape index (κ2) is 6.61. The number of amides is 1. The van der Waals surface area contributed by atoms with Gasteiger partial charge in [0.15, 0.2) is 0 Å². The predicted octanol–water partition coefficient (Wildman–Crippen LogP) is 4.77. The second-order valence-corrected chi connectivity index (χ2v) is 6.43. The molecule has 0 aliphatic heterocycles. The van der Waals surface area contributed by atoms with Crippen LogP contribution < -0.4 is 0 Å². The van der Waals surface area contributed by atoms with Crippen LogP contribution in [0.15, 0.2) is 67.4 Å². The van der Waals surface area contributed by atoms with Crippen molar-refractivity contribution in [1.29, 1.82) is 0 Å². The van der Waals surface area contributed by atoms with Gasteiger partial charge in [-0.25, -0.2) is 0 Å². The molecule has 1 amide bonds. The van der Waals surface area contributed by atoms with Crippen molar-refractivity contribution in [2.45, 2.75) is 32.7 Å². The van der Waals surface area contributed by atoms with Gasteiger partial charge >= 0.3 is 0 Å². The maximum Gasteiger partial charge on any atom is 0.258 e. The standard InChI is InChI=1S/C20H23NO/c1-5-21(15-16-9-7-6-8-10-16)19(22)17-11-13-18(14-12-17)20(2,3)4/h5-14H,1,15H2,2-4H3. The summed E-state index contributed by atoms with van der Waals surface area (Å²) in [5.74, 6) is -0.0284. The highest BCUT2D eigenvalue weighted by Gasteiger charge is 2.16. The second-order valence-electron chi connectivity index (χ2n) is 6.43. The van der Waals surface area contributed by atoms with Crippen LogP contribution in [0.3, 0.4) is 0 Å². The van der Waals surface area contributed by atoms with Crippen molar-refractivity contribution in [2.75, 3.05) is 0 Å². The number of hydrogen-bond donors (Lipinski definition) is 0. The van der Waals surface area contributed by atoms with Crippen LogP contribution in [0.5, 0.6) is 0 Å². The molecule has 22 heavy (non-hydrogen) atoms. The van der Waals surface area contributed by atoms with Crippen molar-refractivity contribution in [3.05, 3.63) is 84.1 Å². The molecule has 2 nitrogen and oxygen atoms in total. The minimum absolute atomic E-state index is 0.0284. The van der Waals surface area contributed by atoms with Gasteiger partial charge in [0.2, 0.25) is 0 Å². The molecule has 0 aromatic heterocycles. The number of carbonyl (C=O) groups is 1. The van der Waals surface area contributed by atoms with E-state index in [1.807, 2.05) is 54.6 Å². The van der Waals surface area contributed by atoms with Crippen molar-refractivity contribution in [1.82, 2.24) is 4.90 Å². The molecule has 0 aliphatic carbocycles. The summed E-state index contributed by atoms with van der Waals surface area (Å²) in [6, 6.07) is 17.8. The molecule has 2 heteroatoms. The van der Waals surface area contributed by atoms with Crippen LogP contribution >= 0.6 is 0 Å². The minimum atomic E-state index is -0.0284. The molecule has 0 N–H and O–H groups in total. The Balaban J connectivity index is 2.16. The minimum Gasteiger partial charge on any atom is -0.311 e. The lowest BCUT2D eigenvalue weighted by Crippen LogP contribution is -2.25. The van der Waals surface area contributed by atoms with E-state index >= 15 is 0 Å². The molecule has 0 saturated carbocycles. The van der Waals surface area contributed by atoms with E-state index in [-0.39, 0.29) is 11.3 Å². The summed E-state index contributed by atoms with van der Waals surface area (Å²) < 4.78 is 0. The van der Waals surface area contributed by atoms with Gasteiger partial charge in [0.05, 0.1) is 6.54 Å². The van der Waals surface area contributed by atoms with Gasteiger partial charge in [0, 0.05) is 11.8 Å². The van der Waals surface area contributed by atoms with Gasteiger partial charge in [-0.15, -0.1) is 0 Å². The lowest BCUT2D eigenvalue weighted by molar-refractivity contribution is 0.0814. The van der Waals surface area contributed by atoms with E-state index in [2.05, 4.69) is 27.4 Å². The number of nitrogens with zero attached hydrogens (tertiary/aromatic N) is 1. The summed E-state index contributed by atoms with van der Waals surface area (Å²) in [6.07, 6.45) is 1.59. The monoisotopic (exact) mass is 293 g/mol. The molecular weight excluding hydrogens is 270 g/mol. The molecule has 0 spiro atoms. The molecule has 114 valence electrons. The summed E-state index contributed by atoms with van der Waals surface area (Å²) >= 11 is 0. The number of benzene rings is 2. The molecular formula is C20H23NO. The van der Waals surface area contributed by atoms with Crippen molar-refractivity contribution < 1.29 is 4.79 Å². The maximum absolute atomic E-state index is 12.6. The third-order valence-electron chi connectivity index (χ3n) is 3.67. The van der Waals surface area contributed by atoms with Crippen LogP contribution in [-0.4, -0.2) is 10.8 Å². The van der Waals surface area contributed by atoms with Gasteiger partial charge in [-0.2, -0.15) is 0 Å². The number of hydrogen-bond acceptors (Lipinski definition) is 1. The van der Waals surface area contributed by atoms with E-state index in [1.165, 1.54) is 5.56 Å². The normalized spacial score (nSPS) is 11.0. The fourth-order valence-corrected chi connectivity index (χ4v) is 2.28. The fraction of sp³-hybridized carbons (Fsp3) is 0.250.